The fraction of sp³-hybridized carbons (Fsp3) is 0.350. The second kappa shape index (κ2) is 7.15. The Bertz CT molecular complexity index is 959. The number of carbonyl (C=O) groups excluding carboxylic acids is 1. The van der Waals surface area contributed by atoms with Gasteiger partial charge in [0.25, 0.3) is 0 Å². The van der Waals surface area contributed by atoms with E-state index in [0.29, 0.717) is 18.7 Å². The number of rotatable bonds is 6. The summed E-state index contributed by atoms with van der Waals surface area (Å²) in [6.07, 6.45) is 0.235. The molecule has 0 aliphatic heterocycles. The van der Waals surface area contributed by atoms with E-state index in [9.17, 15) is 9.90 Å². The Labute approximate surface area is 152 Å². The van der Waals surface area contributed by atoms with Gasteiger partial charge >= 0.3 is 0 Å². The maximum absolute atomic E-state index is 10.9. The van der Waals surface area contributed by atoms with Crippen molar-refractivity contribution < 1.29 is 14.6 Å². The molecule has 0 N–H and O–H groups in total. The van der Waals surface area contributed by atoms with Crippen LogP contribution >= 0.6 is 0 Å². The molecule has 6 heteroatoms. The van der Waals surface area contributed by atoms with Crippen molar-refractivity contribution in [3.05, 3.63) is 47.0 Å². The van der Waals surface area contributed by atoms with Gasteiger partial charge in [0.05, 0.1) is 18.0 Å². The first-order valence-electron chi connectivity index (χ1n) is 8.70. The van der Waals surface area contributed by atoms with Crippen molar-refractivity contribution in [2.45, 2.75) is 40.5 Å². The molecule has 0 atom stereocenters. The SMILES string of the molecule is CCOc1ccc(-n2c(C)c3c(C)nnc(CCC(=O)[O-])c3c2C)cc1. The van der Waals surface area contributed by atoms with Gasteiger partial charge in [0.2, 0.25) is 0 Å². The minimum absolute atomic E-state index is 0.0699. The molecule has 0 bridgehead atoms. The molecule has 3 aromatic rings. The van der Waals surface area contributed by atoms with E-state index >= 15 is 0 Å². The third-order valence-electron chi connectivity index (χ3n) is 4.59. The molecule has 2 aromatic heterocycles. The van der Waals surface area contributed by atoms with Crippen LogP contribution in [-0.2, 0) is 11.2 Å². The van der Waals surface area contributed by atoms with Crippen LogP contribution in [0.25, 0.3) is 16.5 Å². The molecule has 3 rings (SSSR count). The van der Waals surface area contributed by atoms with Crippen molar-refractivity contribution in [3.63, 3.8) is 0 Å². The van der Waals surface area contributed by atoms with E-state index in [0.717, 1.165) is 39.3 Å². The highest BCUT2D eigenvalue weighted by Crippen LogP contribution is 2.32. The number of ether oxygens (including phenoxy) is 1. The summed E-state index contributed by atoms with van der Waals surface area (Å²) in [5, 5.41) is 21.4. The van der Waals surface area contributed by atoms with Crippen LogP contribution in [0.5, 0.6) is 5.75 Å². The number of nitrogens with zero attached hydrogens (tertiary/aromatic N) is 3. The van der Waals surface area contributed by atoms with E-state index in [1.807, 2.05) is 52.0 Å². The summed E-state index contributed by atoms with van der Waals surface area (Å²) in [6.45, 7) is 8.58. The zero-order chi connectivity index (χ0) is 18.8. The highest BCUT2D eigenvalue weighted by Gasteiger charge is 2.19. The largest absolute Gasteiger partial charge is 0.550 e. The molecule has 0 amide bonds. The summed E-state index contributed by atoms with van der Waals surface area (Å²) in [6, 6.07) is 7.92. The second-order valence-electron chi connectivity index (χ2n) is 6.29. The number of hydrogen-bond donors (Lipinski definition) is 0. The quantitative estimate of drug-likeness (QED) is 0.681. The highest BCUT2D eigenvalue weighted by atomic mass is 16.5. The molecule has 2 heterocycles. The monoisotopic (exact) mass is 352 g/mol. The fourth-order valence-corrected chi connectivity index (χ4v) is 3.51. The van der Waals surface area contributed by atoms with Gasteiger partial charge < -0.3 is 19.2 Å². The molecule has 0 saturated heterocycles. The van der Waals surface area contributed by atoms with Crippen LogP contribution in [0.4, 0.5) is 0 Å². The summed E-state index contributed by atoms with van der Waals surface area (Å²) in [4.78, 5) is 10.9. The number of hydrogen-bond acceptors (Lipinski definition) is 5. The Morgan fingerprint density at radius 2 is 1.73 bits per heavy atom. The normalized spacial score (nSPS) is 11.1. The number of aromatic nitrogens is 3. The summed E-state index contributed by atoms with van der Waals surface area (Å²) in [7, 11) is 0. The van der Waals surface area contributed by atoms with Crippen molar-refractivity contribution in [2.24, 2.45) is 0 Å². The Hall–Kier alpha value is -2.89. The predicted octanol–water partition coefficient (Wildman–Crippen LogP) is 2.43. The maximum atomic E-state index is 10.9. The van der Waals surface area contributed by atoms with Gasteiger partial charge in [0.1, 0.15) is 5.75 Å². The molecule has 136 valence electrons. The molecule has 0 radical (unpaired) electrons. The molecule has 0 aliphatic carbocycles. The van der Waals surface area contributed by atoms with Crippen LogP contribution in [0.2, 0.25) is 0 Å². The van der Waals surface area contributed by atoms with Gasteiger partial charge in [-0.15, -0.1) is 0 Å². The summed E-state index contributed by atoms with van der Waals surface area (Å²) in [5.74, 6) is -0.252. The van der Waals surface area contributed by atoms with Crippen molar-refractivity contribution in [1.82, 2.24) is 14.8 Å². The maximum Gasteiger partial charge on any atom is 0.119 e. The Balaban J connectivity index is 2.16. The van der Waals surface area contributed by atoms with E-state index in [4.69, 9.17) is 4.74 Å². The first kappa shape index (κ1) is 17.9. The lowest BCUT2D eigenvalue weighted by atomic mass is 10.1. The molecular formula is C20H22N3O3-. The van der Waals surface area contributed by atoms with E-state index in [1.54, 1.807) is 0 Å². The lowest BCUT2D eigenvalue weighted by molar-refractivity contribution is -0.305. The van der Waals surface area contributed by atoms with E-state index in [1.165, 1.54) is 0 Å². The Morgan fingerprint density at radius 1 is 1.08 bits per heavy atom. The number of carboxylic acid groups (broad SMARTS) is 1. The first-order valence-corrected chi connectivity index (χ1v) is 8.70. The number of carbonyl (C=O) groups is 1. The van der Waals surface area contributed by atoms with Gasteiger partial charge in [-0.3, -0.25) is 0 Å². The molecule has 0 aliphatic rings. The third-order valence-corrected chi connectivity index (χ3v) is 4.59. The molecule has 6 nitrogen and oxygen atoms in total. The van der Waals surface area contributed by atoms with Crippen molar-refractivity contribution >= 4 is 16.7 Å². The van der Waals surface area contributed by atoms with Crippen LogP contribution in [0.3, 0.4) is 0 Å². The average Bonchev–Trinajstić information content (AvgIpc) is 2.88. The molecule has 0 saturated carbocycles. The molecule has 0 unspecified atom stereocenters. The fourth-order valence-electron chi connectivity index (χ4n) is 3.51. The lowest BCUT2D eigenvalue weighted by Gasteiger charge is -2.11. The zero-order valence-electron chi connectivity index (χ0n) is 15.5. The zero-order valence-corrected chi connectivity index (χ0v) is 15.5. The van der Waals surface area contributed by atoms with E-state index in [-0.39, 0.29) is 6.42 Å². The molecule has 0 fully saturated rings. The van der Waals surface area contributed by atoms with Crippen molar-refractivity contribution in [1.29, 1.82) is 0 Å². The number of aryl methyl sites for hydroxylation is 4. The van der Waals surface area contributed by atoms with Crippen molar-refractivity contribution in [3.8, 4) is 11.4 Å². The van der Waals surface area contributed by atoms with Crippen LogP contribution in [0, 0.1) is 20.8 Å². The Morgan fingerprint density at radius 3 is 2.35 bits per heavy atom. The van der Waals surface area contributed by atoms with Crippen LogP contribution in [-0.4, -0.2) is 27.3 Å². The summed E-state index contributed by atoms with van der Waals surface area (Å²) < 4.78 is 7.67. The predicted molar refractivity (Wildman–Crippen MR) is 97.6 cm³/mol. The third kappa shape index (κ3) is 3.14. The van der Waals surface area contributed by atoms with Crippen molar-refractivity contribution in [2.75, 3.05) is 6.61 Å². The van der Waals surface area contributed by atoms with Gasteiger partial charge in [0, 0.05) is 33.8 Å². The molecule has 26 heavy (non-hydrogen) atoms. The first-order chi connectivity index (χ1) is 12.4. The number of carboxylic acids is 1. The molecule has 0 spiro atoms. The second-order valence-corrected chi connectivity index (χ2v) is 6.29. The van der Waals surface area contributed by atoms with Gasteiger partial charge in [-0.05, 0) is 64.8 Å². The molecular weight excluding hydrogens is 330 g/mol. The van der Waals surface area contributed by atoms with Gasteiger partial charge in [-0.2, -0.15) is 10.2 Å². The Kier molecular flexibility index (Phi) is 4.93. The van der Waals surface area contributed by atoms with E-state index < -0.39 is 5.97 Å². The topological polar surface area (TPSA) is 80.1 Å². The summed E-state index contributed by atoms with van der Waals surface area (Å²) >= 11 is 0. The number of benzene rings is 1. The molecule has 1 aromatic carbocycles. The standard InChI is InChI=1S/C20H23N3O3/c1-5-26-16-8-6-15(7-9-16)23-13(3)19-12(2)21-22-17(10-11-18(24)25)20(19)14(23)4/h6-9H,5,10-11H2,1-4H3,(H,24,25)/p-1. The van der Waals surface area contributed by atoms with Gasteiger partial charge in [0.15, 0.2) is 0 Å². The number of fused-ring (bicyclic) bond motifs is 1. The summed E-state index contributed by atoms with van der Waals surface area (Å²) in [5.41, 5.74) is 4.63. The minimum atomic E-state index is -1.08. The number of aliphatic carboxylic acids is 1. The minimum Gasteiger partial charge on any atom is -0.550 e. The average molecular weight is 352 g/mol. The van der Waals surface area contributed by atoms with Crippen LogP contribution in [0.1, 0.15) is 36.1 Å². The van der Waals surface area contributed by atoms with Gasteiger partial charge in [-0.1, -0.05) is 0 Å². The van der Waals surface area contributed by atoms with Gasteiger partial charge in [-0.25, -0.2) is 0 Å². The highest BCUT2D eigenvalue weighted by molar-refractivity contribution is 5.93. The lowest BCUT2D eigenvalue weighted by Crippen LogP contribution is -2.22. The van der Waals surface area contributed by atoms with Crippen LogP contribution in [0.15, 0.2) is 24.3 Å². The smallest absolute Gasteiger partial charge is 0.119 e. The van der Waals surface area contributed by atoms with Crippen LogP contribution < -0.4 is 9.84 Å². The van der Waals surface area contributed by atoms with E-state index in [2.05, 4.69) is 14.8 Å².